The minimum absolute atomic E-state index is 0.0341. The van der Waals surface area contributed by atoms with Crippen LogP contribution in [0.1, 0.15) is 65.2 Å². The molecule has 6 fully saturated rings. The van der Waals surface area contributed by atoms with Gasteiger partial charge in [-0.25, -0.2) is 4.79 Å². The molecule has 8 aliphatic rings. The molecule has 0 aromatic heterocycles. The minimum atomic E-state index is -2.20. The van der Waals surface area contributed by atoms with Gasteiger partial charge in [-0.1, -0.05) is 18.6 Å². The Hall–Kier alpha value is -1.96. The van der Waals surface area contributed by atoms with Crippen LogP contribution in [-0.4, -0.2) is 85.8 Å². The van der Waals surface area contributed by atoms with Crippen LogP contribution in [-0.2, 0) is 44.1 Å². The Balaban J connectivity index is 1.13. The fourth-order valence-electron chi connectivity index (χ4n) is 10.7. The van der Waals surface area contributed by atoms with Crippen molar-refractivity contribution in [2.75, 3.05) is 12.4 Å². The number of allylic oxidation sites excluding steroid dienone is 1. The predicted molar refractivity (Wildman–Crippen MR) is 149 cm³/mol. The van der Waals surface area contributed by atoms with Gasteiger partial charge in [0.15, 0.2) is 4.87 Å². The van der Waals surface area contributed by atoms with Crippen molar-refractivity contribution in [3.05, 3.63) is 23.3 Å². The molecular formula is C31H39NO10S. The molecule has 0 aromatic carbocycles. The van der Waals surface area contributed by atoms with Gasteiger partial charge in [0.1, 0.15) is 18.6 Å². The maximum absolute atomic E-state index is 13.3. The summed E-state index contributed by atoms with van der Waals surface area (Å²) in [4.78, 5) is 36.0. The van der Waals surface area contributed by atoms with E-state index in [1.807, 2.05) is 0 Å². The molecule has 4 heterocycles. The molecule has 0 aromatic rings. The Morgan fingerprint density at radius 2 is 1.91 bits per heavy atom. The number of aliphatic hydroxyl groups is 2. The Labute approximate surface area is 252 Å². The molecule has 234 valence electrons. The molecule has 1 spiro atoms. The molecule has 1 amide bonds. The van der Waals surface area contributed by atoms with Crippen molar-refractivity contribution < 1.29 is 47.8 Å². The summed E-state index contributed by atoms with van der Waals surface area (Å²) >= 11 is 0. The highest BCUT2D eigenvalue weighted by Crippen LogP contribution is 2.69. The van der Waals surface area contributed by atoms with Crippen LogP contribution in [0.5, 0.6) is 0 Å². The quantitative estimate of drug-likeness (QED) is 0.233. The van der Waals surface area contributed by atoms with Gasteiger partial charge in [0.05, 0.1) is 40.1 Å². The molecule has 8 rings (SSSR count). The molecule has 43 heavy (non-hydrogen) atoms. The number of cyclic esters (lactones) is 1. The summed E-state index contributed by atoms with van der Waals surface area (Å²) in [6, 6.07) is 0. The zero-order valence-electron chi connectivity index (χ0n) is 24.4. The number of amides is 1. The highest BCUT2D eigenvalue weighted by Gasteiger charge is 2.73. The molecule has 4 aliphatic carbocycles. The van der Waals surface area contributed by atoms with Gasteiger partial charge in [0, 0.05) is 17.9 Å². The standard InChI is InChI=1S/C31H39NO10S/c1-16-11-30(32-24(34)14-43(30)38)31(37)26(40-16)41-22-10-18-3-4-21-20(28(18,15-33)12-23(22)42-31)5-7-27(2)19(6-8-29(21,27)36)17-9-25(35)39-13-17/h3,9,15-16,19-23,26,36-37H,4-8,10-14H2,1-2H3,(H,32,34)/t16-,19-,20+,21-,22-,23-,26+,27-,28-,29+,30+,31-,43?/m1/s1. The van der Waals surface area contributed by atoms with Crippen LogP contribution in [0.4, 0.5) is 0 Å². The summed E-state index contributed by atoms with van der Waals surface area (Å²) in [5.41, 5.74) is -0.497. The zero-order valence-corrected chi connectivity index (χ0v) is 25.2. The first-order chi connectivity index (χ1) is 20.4. The number of rotatable bonds is 2. The molecule has 12 heteroatoms. The van der Waals surface area contributed by atoms with E-state index in [0.29, 0.717) is 32.1 Å². The minimum Gasteiger partial charge on any atom is -0.458 e. The second-order valence-electron chi connectivity index (χ2n) is 14.4. The lowest BCUT2D eigenvalue weighted by Crippen LogP contribution is -2.78. The summed E-state index contributed by atoms with van der Waals surface area (Å²) < 4.78 is 37.4. The highest BCUT2D eigenvalue weighted by atomic mass is 32.2. The van der Waals surface area contributed by atoms with Crippen LogP contribution < -0.4 is 5.32 Å². The normalized spacial score (nSPS) is 55.2. The first-order valence-corrected chi connectivity index (χ1v) is 16.9. The van der Waals surface area contributed by atoms with E-state index in [0.717, 1.165) is 23.9 Å². The molecule has 13 atom stereocenters. The van der Waals surface area contributed by atoms with Crippen LogP contribution in [0.15, 0.2) is 23.3 Å². The SMILES string of the molecule is C[C@@H]1C[C@@]2(NC(=O)CS2=O)[C@]2(O)O[C@@H]3C[C@@]4(C=O)C(=CC[C@@H]5[C@@H]4CC[C@]4(C)[C@@H](C6=CC(=O)OC6)CC[C@]54O)C[C@H]3O[C@@H]2O1. The Morgan fingerprint density at radius 1 is 1.09 bits per heavy atom. The third-order valence-corrected chi connectivity index (χ3v) is 14.6. The van der Waals surface area contributed by atoms with Gasteiger partial charge in [-0.15, -0.1) is 0 Å². The van der Waals surface area contributed by atoms with Crippen molar-refractivity contribution in [1.29, 1.82) is 0 Å². The van der Waals surface area contributed by atoms with Crippen molar-refractivity contribution >= 4 is 29.0 Å². The maximum Gasteiger partial charge on any atom is 0.331 e. The van der Waals surface area contributed by atoms with Gasteiger partial charge in [0.25, 0.3) is 5.79 Å². The second kappa shape index (κ2) is 9.07. The van der Waals surface area contributed by atoms with Gasteiger partial charge in [-0.2, -0.15) is 0 Å². The number of fused-ring (bicyclic) bond motifs is 8. The molecule has 3 N–H and O–H groups in total. The van der Waals surface area contributed by atoms with E-state index in [4.69, 9.17) is 18.9 Å². The van der Waals surface area contributed by atoms with Crippen LogP contribution in [0, 0.1) is 28.6 Å². The van der Waals surface area contributed by atoms with E-state index in [1.54, 1.807) is 13.0 Å². The van der Waals surface area contributed by atoms with Gasteiger partial charge < -0.3 is 39.3 Å². The van der Waals surface area contributed by atoms with Gasteiger partial charge in [0.2, 0.25) is 12.2 Å². The van der Waals surface area contributed by atoms with Gasteiger partial charge in [-0.05, 0) is 75.2 Å². The lowest BCUT2D eigenvalue weighted by Gasteiger charge is -2.63. The van der Waals surface area contributed by atoms with Crippen molar-refractivity contribution in [2.45, 2.75) is 106 Å². The van der Waals surface area contributed by atoms with Crippen LogP contribution >= 0.6 is 0 Å². The van der Waals surface area contributed by atoms with Gasteiger partial charge >= 0.3 is 5.97 Å². The summed E-state index contributed by atoms with van der Waals surface area (Å²) in [5.74, 6) is -3.50. The number of hydrogen-bond acceptors (Lipinski definition) is 10. The smallest absolute Gasteiger partial charge is 0.331 e. The molecule has 0 bridgehead atoms. The summed E-state index contributed by atoms with van der Waals surface area (Å²) in [6.07, 6.45) is 5.88. The first-order valence-electron chi connectivity index (χ1n) is 15.6. The number of carbonyl (C=O) groups is 3. The van der Waals surface area contributed by atoms with E-state index >= 15 is 0 Å². The topological polar surface area (TPSA) is 158 Å². The average molecular weight is 618 g/mol. The maximum atomic E-state index is 13.3. The summed E-state index contributed by atoms with van der Waals surface area (Å²) in [5, 5.41) is 27.3. The Bertz CT molecular complexity index is 1400. The van der Waals surface area contributed by atoms with Gasteiger partial charge in [-0.3, -0.25) is 9.00 Å². The zero-order chi connectivity index (χ0) is 30.2. The lowest BCUT2D eigenvalue weighted by atomic mass is 9.45. The predicted octanol–water partition coefficient (Wildman–Crippen LogP) is 1.13. The van der Waals surface area contributed by atoms with E-state index in [2.05, 4.69) is 18.3 Å². The molecular weight excluding hydrogens is 578 g/mol. The second-order valence-corrected chi connectivity index (χ2v) is 16.1. The number of ether oxygens (including phenoxy) is 4. The van der Waals surface area contributed by atoms with Crippen molar-refractivity contribution in [1.82, 2.24) is 5.32 Å². The number of esters is 1. The van der Waals surface area contributed by atoms with Crippen molar-refractivity contribution in [3.63, 3.8) is 0 Å². The van der Waals surface area contributed by atoms with Crippen molar-refractivity contribution in [3.8, 4) is 0 Å². The number of hydrogen-bond donors (Lipinski definition) is 3. The van der Waals surface area contributed by atoms with Crippen LogP contribution in [0.25, 0.3) is 0 Å². The van der Waals surface area contributed by atoms with E-state index < -0.39 is 68.4 Å². The van der Waals surface area contributed by atoms with E-state index in [1.165, 1.54) is 0 Å². The third kappa shape index (κ3) is 3.48. The monoisotopic (exact) mass is 617 g/mol. The Morgan fingerprint density at radius 3 is 2.60 bits per heavy atom. The molecule has 3 saturated carbocycles. The molecule has 3 saturated heterocycles. The molecule has 1 unspecified atom stereocenters. The van der Waals surface area contributed by atoms with Crippen molar-refractivity contribution in [2.24, 2.45) is 28.6 Å². The first kappa shape index (κ1) is 28.5. The van der Waals surface area contributed by atoms with E-state index in [-0.39, 0.29) is 48.9 Å². The largest absolute Gasteiger partial charge is 0.458 e. The Kier molecular flexibility index (Phi) is 6.01. The van der Waals surface area contributed by atoms with Crippen LogP contribution in [0.2, 0.25) is 0 Å². The lowest BCUT2D eigenvalue weighted by molar-refractivity contribution is -0.443. The number of aldehydes is 1. The van der Waals surface area contributed by atoms with E-state index in [9.17, 15) is 28.8 Å². The molecule has 0 radical (unpaired) electrons. The molecule has 11 nitrogen and oxygen atoms in total. The highest BCUT2D eigenvalue weighted by molar-refractivity contribution is 7.87. The summed E-state index contributed by atoms with van der Waals surface area (Å²) in [6.45, 7) is 4.18. The summed E-state index contributed by atoms with van der Waals surface area (Å²) in [7, 11) is -1.78. The number of nitrogens with one attached hydrogen (secondary N) is 1. The van der Waals surface area contributed by atoms with Crippen LogP contribution in [0.3, 0.4) is 0 Å². The number of carbonyl (C=O) groups excluding carboxylic acids is 3. The third-order valence-electron chi connectivity index (χ3n) is 12.7. The fraction of sp³-hybridized carbons (Fsp3) is 0.774. The average Bonchev–Trinajstić information content (AvgIpc) is 3.59. The molecule has 4 aliphatic heterocycles. The fourth-order valence-corrected chi connectivity index (χ4v) is 12.3.